The molecule has 2 aromatic carbocycles. The smallest absolute Gasteiger partial charge is 0.309 e. The van der Waals surface area contributed by atoms with Gasteiger partial charge in [-0.3, -0.25) is 14.7 Å². The van der Waals surface area contributed by atoms with Gasteiger partial charge in [0.2, 0.25) is 5.88 Å². The molecule has 0 unspecified atom stereocenters. The number of hydrogen-bond donors (Lipinski definition) is 5. The summed E-state index contributed by atoms with van der Waals surface area (Å²) in [5, 5.41) is 32.2. The summed E-state index contributed by atoms with van der Waals surface area (Å²) in [6, 6.07) is 12.6. The van der Waals surface area contributed by atoms with Gasteiger partial charge in [-0.15, -0.1) is 5.10 Å². The lowest BCUT2D eigenvalue weighted by Gasteiger charge is -2.19. The molecule has 154 valence electrons. The minimum atomic E-state index is -1.02. The molecule has 2 atom stereocenters. The molecule has 0 saturated carbocycles. The number of ether oxygens (including phenoxy) is 1. The maximum Gasteiger partial charge on any atom is 0.309 e. The monoisotopic (exact) mass is 408 g/mol. The lowest BCUT2D eigenvalue weighted by Crippen LogP contribution is -2.34. The second-order valence-electron chi connectivity index (χ2n) is 6.97. The van der Waals surface area contributed by atoms with Crippen molar-refractivity contribution in [3.63, 3.8) is 0 Å². The standard InChI is InChI=1S/C21H20N4O5/c1-30-18-10-17(24-25-18)22-12-7-5-11(6-8-12)20(27)23-19-13-3-2-4-16(26)14(13)9-15(19)21(28)29/h2-8,10,15,19,26H,9H2,1H3,(H,23,27)(H,28,29)(H2,22,24,25)/t15-,19-/m1/s1. The Labute approximate surface area is 171 Å². The fourth-order valence-corrected chi connectivity index (χ4v) is 3.63. The Hall–Kier alpha value is -4.01. The van der Waals surface area contributed by atoms with Crippen LogP contribution in [0.15, 0.2) is 48.5 Å². The Bertz CT molecular complexity index is 1090. The van der Waals surface area contributed by atoms with Crippen molar-refractivity contribution < 1.29 is 24.5 Å². The lowest BCUT2D eigenvalue weighted by molar-refractivity contribution is -0.142. The second-order valence-corrected chi connectivity index (χ2v) is 6.97. The number of nitrogens with zero attached hydrogens (tertiary/aromatic N) is 1. The number of carboxylic acids is 1. The number of hydrogen-bond acceptors (Lipinski definition) is 6. The van der Waals surface area contributed by atoms with Crippen LogP contribution >= 0.6 is 0 Å². The average molecular weight is 408 g/mol. The highest BCUT2D eigenvalue weighted by Crippen LogP contribution is 2.40. The maximum absolute atomic E-state index is 12.8. The zero-order valence-corrected chi connectivity index (χ0v) is 16.0. The second kappa shape index (κ2) is 7.78. The molecular weight excluding hydrogens is 388 g/mol. The van der Waals surface area contributed by atoms with Gasteiger partial charge in [0.05, 0.1) is 19.1 Å². The topological polar surface area (TPSA) is 137 Å². The van der Waals surface area contributed by atoms with Crippen molar-refractivity contribution in [3.05, 3.63) is 65.2 Å². The fraction of sp³-hybridized carbons (Fsp3) is 0.190. The van der Waals surface area contributed by atoms with Crippen molar-refractivity contribution in [1.29, 1.82) is 0 Å². The van der Waals surface area contributed by atoms with Crippen LogP contribution in [0.3, 0.4) is 0 Å². The van der Waals surface area contributed by atoms with Gasteiger partial charge in [-0.05, 0) is 42.3 Å². The van der Waals surface area contributed by atoms with Gasteiger partial charge in [0.25, 0.3) is 5.91 Å². The number of nitrogens with one attached hydrogen (secondary N) is 3. The van der Waals surface area contributed by atoms with E-state index in [-0.39, 0.29) is 12.2 Å². The molecule has 3 aromatic rings. The predicted octanol–water partition coefficient (Wildman–Crippen LogP) is 2.60. The molecule has 9 nitrogen and oxygen atoms in total. The number of phenols is 1. The first-order valence-corrected chi connectivity index (χ1v) is 9.27. The lowest BCUT2D eigenvalue weighted by atomic mass is 10.00. The van der Waals surface area contributed by atoms with E-state index < -0.39 is 23.8 Å². The van der Waals surface area contributed by atoms with Crippen LogP contribution in [0, 0.1) is 5.92 Å². The summed E-state index contributed by atoms with van der Waals surface area (Å²) >= 11 is 0. The van der Waals surface area contributed by atoms with Crippen LogP contribution in [0.25, 0.3) is 0 Å². The molecule has 1 aliphatic carbocycles. The number of carbonyl (C=O) groups is 2. The fourth-order valence-electron chi connectivity index (χ4n) is 3.63. The van der Waals surface area contributed by atoms with E-state index in [2.05, 4.69) is 20.8 Å². The summed E-state index contributed by atoms with van der Waals surface area (Å²) in [6.45, 7) is 0. The third-order valence-electron chi connectivity index (χ3n) is 5.14. The van der Waals surface area contributed by atoms with Crippen LogP contribution in [0.2, 0.25) is 0 Å². The number of aliphatic carboxylic acids is 1. The zero-order valence-electron chi connectivity index (χ0n) is 16.0. The van der Waals surface area contributed by atoms with Gasteiger partial charge in [-0.25, -0.2) is 0 Å². The molecule has 1 aliphatic rings. The van der Waals surface area contributed by atoms with E-state index in [4.69, 9.17) is 4.74 Å². The predicted molar refractivity (Wildman–Crippen MR) is 108 cm³/mol. The first-order chi connectivity index (χ1) is 14.5. The van der Waals surface area contributed by atoms with E-state index >= 15 is 0 Å². The van der Waals surface area contributed by atoms with Crippen LogP contribution in [0.4, 0.5) is 11.5 Å². The van der Waals surface area contributed by atoms with E-state index in [1.807, 2.05) is 0 Å². The molecule has 0 fully saturated rings. The summed E-state index contributed by atoms with van der Waals surface area (Å²) in [4.78, 5) is 24.4. The molecule has 1 aromatic heterocycles. The number of benzene rings is 2. The van der Waals surface area contributed by atoms with E-state index in [1.54, 1.807) is 42.5 Å². The summed E-state index contributed by atoms with van der Waals surface area (Å²) in [6.07, 6.45) is 0.165. The molecule has 4 rings (SSSR count). The van der Waals surface area contributed by atoms with Crippen molar-refractivity contribution in [2.24, 2.45) is 5.92 Å². The number of methoxy groups -OCH3 is 1. The molecule has 0 radical (unpaired) electrons. The first-order valence-electron chi connectivity index (χ1n) is 9.27. The highest BCUT2D eigenvalue weighted by molar-refractivity contribution is 5.95. The number of phenolic OH excluding ortho intramolecular Hbond substituents is 1. The Morgan fingerprint density at radius 3 is 2.63 bits per heavy atom. The van der Waals surface area contributed by atoms with E-state index in [9.17, 15) is 19.8 Å². The number of aromatic nitrogens is 2. The van der Waals surface area contributed by atoms with Gasteiger partial charge < -0.3 is 25.6 Å². The van der Waals surface area contributed by atoms with E-state index in [0.29, 0.717) is 28.4 Å². The van der Waals surface area contributed by atoms with Crippen LogP contribution in [0.5, 0.6) is 11.6 Å². The largest absolute Gasteiger partial charge is 0.508 e. The molecule has 9 heteroatoms. The number of fused-ring (bicyclic) bond motifs is 1. The van der Waals surface area contributed by atoms with Crippen LogP contribution in [-0.2, 0) is 11.2 Å². The molecular formula is C21H20N4O5. The van der Waals surface area contributed by atoms with Crippen molar-refractivity contribution in [1.82, 2.24) is 15.5 Å². The Balaban J connectivity index is 1.49. The summed E-state index contributed by atoms with van der Waals surface area (Å²) in [7, 11) is 1.52. The third kappa shape index (κ3) is 3.64. The van der Waals surface area contributed by atoms with Gasteiger partial charge in [0.1, 0.15) is 11.6 Å². The minimum absolute atomic E-state index is 0.0429. The van der Waals surface area contributed by atoms with E-state index in [1.165, 1.54) is 13.2 Å². The van der Waals surface area contributed by atoms with Gasteiger partial charge in [0.15, 0.2) is 0 Å². The van der Waals surface area contributed by atoms with Crippen LogP contribution < -0.4 is 15.4 Å². The minimum Gasteiger partial charge on any atom is -0.508 e. The highest BCUT2D eigenvalue weighted by atomic mass is 16.5. The van der Waals surface area contributed by atoms with E-state index in [0.717, 1.165) is 5.69 Å². The maximum atomic E-state index is 12.8. The van der Waals surface area contributed by atoms with Gasteiger partial charge in [0, 0.05) is 22.9 Å². The van der Waals surface area contributed by atoms with Crippen LogP contribution in [0.1, 0.15) is 27.5 Å². The quantitative estimate of drug-likeness (QED) is 0.423. The number of aromatic amines is 1. The van der Waals surface area contributed by atoms with Crippen molar-refractivity contribution >= 4 is 23.4 Å². The molecule has 0 spiro atoms. The first kappa shape index (κ1) is 19.3. The molecule has 1 heterocycles. The molecule has 5 N–H and O–H groups in total. The molecule has 0 bridgehead atoms. The Morgan fingerprint density at radius 2 is 1.97 bits per heavy atom. The normalized spacial score (nSPS) is 17.2. The third-order valence-corrected chi connectivity index (χ3v) is 5.14. The zero-order chi connectivity index (χ0) is 21.3. The summed E-state index contributed by atoms with van der Waals surface area (Å²) < 4.78 is 5.01. The number of carboxylic acid groups (broad SMARTS) is 1. The van der Waals surface area contributed by atoms with Gasteiger partial charge in [-0.2, -0.15) is 0 Å². The molecule has 0 aliphatic heterocycles. The molecule has 30 heavy (non-hydrogen) atoms. The SMILES string of the molecule is COc1cc(Nc2ccc(C(=O)N[C@@H]3c4cccc(O)c4C[C@H]3C(=O)O)cc2)[nH]n1. The number of H-pyrrole nitrogens is 1. The highest BCUT2D eigenvalue weighted by Gasteiger charge is 2.39. The number of anilines is 2. The Morgan fingerprint density at radius 1 is 1.20 bits per heavy atom. The van der Waals surface area contributed by atoms with Gasteiger partial charge >= 0.3 is 5.97 Å². The number of rotatable bonds is 6. The number of aromatic hydroxyl groups is 1. The van der Waals surface area contributed by atoms with Crippen molar-refractivity contribution in [2.45, 2.75) is 12.5 Å². The molecule has 0 saturated heterocycles. The summed E-state index contributed by atoms with van der Waals surface area (Å²) in [5.41, 5.74) is 2.31. The van der Waals surface area contributed by atoms with Crippen LogP contribution in [-0.4, -0.2) is 39.4 Å². The van der Waals surface area contributed by atoms with Gasteiger partial charge in [-0.1, -0.05) is 12.1 Å². The van der Waals surface area contributed by atoms with Crippen molar-refractivity contribution in [2.75, 3.05) is 12.4 Å². The summed E-state index contributed by atoms with van der Waals surface area (Å²) in [5.74, 6) is -1.13. The number of carbonyl (C=O) groups excluding carboxylic acids is 1. The number of amides is 1. The average Bonchev–Trinajstić information content (AvgIpc) is 3.34. The van der Waals surface area contributed by atoms with Crippen molar-refractivity contribution in [3.8, 4) is 11.6 Å². The Kier molecular flexibility index (Phi) is 5.01. The molecule has 1 amide bonds.